The lowest BCUT2D eigenvalue weighted by Crippen LogP contribution is -2.23. The first-order valence-electron chi connectivity index (χ1n) is 6.56. The third kappa shape index (κ3) is 4.66. The summed E-state index contributed by atoms with van der Waals surface area (Å²) < 4.78 is 5.60. The van der Waals surface area contributed by atoms with Crippen molar-refractivity contribution in [3.05, 3.63) is 36.5 Å². The molecule has 0 spiro atoms. The zero-order valence-corrected chi connectivity index (χ0v) is 12.2. The first-order chi connectivity index (χ1) is 10.3. The lowest BCUT2D eigenvalue weighted by atomic mass is 10.2. The molecule has 1 amide bonds. The largest absolute Gasteiger partial charge is 0.479 e. The molecule has 0 fully saturated rings. The number of amides is 1. The Balaban J connectivity index is 1.85. The molecule has 5 heteroatoms. The Morgan fingerprint density at radius 3 is 3.00 bits per heavy atom. The molecule has 2 aromatic rings. The van der Waals surface area contributed by atoms with E-state index in [1.54, 1.807) is 6.20 Å². The van der Waals surface area contributed by atoms with E-state index in [4.69, 9.17) is 16.3 Å². The molecule has 0 saturated carbocycles. The second-order valence-corrected chi connectivity index (χ2v) is 4.57. The fourth-order valence-electron chi connectivity index (χ4n) is 1.74. The Labute approximate surface area is 128 Å². The van der Waals surface area contributed by atoms with Crippen molar-refractivity contribution in [3.8, 4) is 17.6 Å². The maximum atomic E-state index is 11.1. The number of aromatic nitrogens is 1. The molecule has 1 aromatic carbocycles. The Morgan fingerprint density at radius 2 is 2.14 bits per heavy atom. The number of hydrogen-bond acceptors (Lipinski definition) is 3. The molecular formula is C16H15ClN2O2. The molecule has 0 aliphatic heterocycles. The van der Waals surface area contributed by atoms with Gasteiger partial charge in [-0.3, -0.25) is 9.78 Å². The molecule has 2 rings (SSSR count). The Hall–Kier alpha value is -2.25. The summed E-state index contributed by atoms with van der Waals surface area (Å²) >= 11 is 5.45. The van der Waals surface area contributed by atoms with Gasteiger partial charge in [0.05, 0.1) is 6.54 Å². The van der Waals surface area contributed by atoms with Gasteiger partial charge in [0, 0.05) is 23.9 Å². The topological polar surface area (TPSA) is 51.2 Å². The maximum Gasteiger partial charge on any atom is 0.221 e. The van der Waals surface area contributed by atoms with Gasteiger partial charge in [0.25, 0.3) is 0 Å². The Kier molecular flexibility index (Phi) is 5.86. The highest BCUT2D eigenvalue weighted by Crippen LogP contribution is 2.22. The van der Waals surface area contributed by atoms with Crippen molar-refractivity contribution < 1.29 is 9.53 Å². The Morgan fingerprint density at radius 1 is 1.29 bits per heavy atom. The molecule has 0 saturated heterocycles. The van der Waals surface area contributed by atoms with E-state index in [0.29, 0.717) is 24.6 Å². The number of halogens is 1. The molecule has 0 radical (unpaired) electrons. The molecule has 1 heterocycles. The predicted octanol–water partition coefficient (Wildman–Crippen LogP) is 2.36. The van der Waals surface area contributed by atoms with E-state index in [1.165, 1.54) is 0 Å². The van der Waals surface area contributed by atoms with Crippen LogP contribution in [-0.4, -0.2) is 29.9 Å². The van der Waals surface area contributed by atoms with Crippen molar-refractivity contribution in [1.29, 1.82) is 0 Å². The van der Waals surface area contributed by atoms with Crippen LogP contribution in [0.4, 0.5) is 0 Å². The van der Waals surface area contributed by atoms with E-state index >= 15 is 0 Å². The summed E-state index contributed by atoms with van der Waals surface area (Å²) in [6.45, 7) is 0.550. The smallest absolute Gasteiger partial charge is 0.221 e. The van der Waals surface area contributed by atoms with Gasteiger partial charge in [0.15, 0.2) is 0 Å². The standard InChI is InChI=1S/C16H15ClN2O2/c17-9-8-15(20)18-10-1-2-12-21-14-7-3-5-13-6-4-11-19-16(13)14/h3-7,11H,8-10,12H2,(H,18,20). The molecule has 0 unspecified atom stereocenters. The minimum Gasteiger partial charge on any atom is -0.479 e. The van der Waals surface area contributed by atoms with Crippen molar-refractivity contribution in [3.63, 3.8) is 0 Å². The summed E-state index contributed by atoms with van der Waals surface area (Å²) in [6, 6.07) is 9.62. The number of benzene rings is 1. The maximum absolute atomic E-state index is 11.1. The molecule has 0 aliphatic carbocycles. The first-order valence-corrected chi connectivity index (χ1v) is 7.09. The summed E-state index contributed by atoms with van der Waals surface area (Å²) in [5, 5.41) is 3.67. The molecule has 1 aromatic heterocycles. The number of nitrogens with one attached hydrogen (secondary N) is 1. The number of alkyl halides is 1. The van der Waals surface area contributed by atoms with Gasteiger partial charge in [0.1, 0.15) is 17.9 Å². The lowest BCUT2D eigenvalue weighted by molar-refractivity contribution is -0.120. The van der Waals surface area contributed by atoms with Crippen molar-refractivity contribution in [1.82, 2.24) is 10.3 Å². The molecule has 0 atom stereocenters. The number of ether oxygens (including phenoxy) is 1. The predicted molar refractivity (Wildman–Crippen MR) is 83.4 cm³/mol. The quantitative estimate of drug-likeness (QED) is 0.681. The van der Waals surface area contributed by atoms with E-state index in [1.807, 2.05) is 30.3 Å². The van der Waals surface area contributed by atoms with Crippen molar-refractivity contribution in [2.45, 2.75) is 6.42 Å². The van der Waals surface area contributed by atoms with Crippen LogP contribution in [-0.2, 0) is 4.79 Å². The van der Waals surface area contributed by atoms with Gasteiger partial charge in [-0.05, 0) is 12.1 Å². The Bertz CT molecular complexity index is 671. The monoisotopic (exact) mass is 302 g/mol. The SMILES string of the molecule is O=C(CCCl)NCC#CCOc1cccc2cccnc12. The van der Waals surface area contributed by atoms with Crippen LogP contribution in [0, 0.1) is 11.8 Å². The summed E-state index contributed by atoms with van der Waals surface area (Å²) in [7, 11) is 0. The molecule has 0 bridgehead atoms. The number of hydrogen-bond donors (Lipinski definition) is 1. The van der Waals surface area contributed by atoms with Crippen LogP contribution in [0.2, 0.25) is 0 Å². The van der Waals surface area contributed by atoms with Crippen LogP contribution in [0.3, 0.4) is 0 Å². The number of carbonyl (C=O) groups excluding carboxylic acids is 1. The molecule has 0 aliphatic rings. The van der Waals surface area contributed by atoms with Gasteiger partial charge in [-0.15, -0.1) is 11.6 Å². The van der Waals surface area contributed by atoms with Gasteiger partial charge in [-0.25, -0.2) is 0 Å². The molecular weight excluding hydrogens is 288 g/mol. The van der Waals surface area contributed by atoms with E-state index in [2.05, 4.69) is 22.1 Å². The molecule has 108 valence electrons. The highest BCUT2D eigenvalue weighted by molar-refractivity contribution is 6.18. The van der Waals surface area contributed by atoms with Crippen LogP contribution in [0.1, 0.15) is 6.42 Å². The number of pyridine rings is 1. The molecule has 21 heavy (non-hydrogen) atoms. The zero-order chi connectivity index (χ0) is 14.9. The number of fused-ring (bicyclic) bond motifs is 1. The van der Waals surface area contributed by atoms with Gasteiger partial charge >= 0.3 is 0 Å². The van der Waals surface area contributed by atoms with E-state index < -0.39 is 0 Å². The summed E-state index contributed by atoms with van der Waals surface area (Å²) in [4.78, 5) is 15.4. The van der Waals surface area contributed by atoms with Gasteiger partial charge in [0.2, 0.25) is 5.91 Å². The van der Waals surface area contributed by atoms with Gasteiger partial charge in [-0.2, -0.15) is 0 Å². The van der Waals surface area contributed by atoms with Crippen LogP contribution >= 0.6 is 11.6 Å². The van der Waals surface area contributed by atoms with Gasteiger partial charge < -0.3 is 10.1 Å². The van der Waals surface area contributed by atoms with E-state index in [-0.39, 0.29) is 12.5 Å². The summed E-state index contributed by atoms with van der Waals surface area (Å²) in [5.74, 6) is 6.59. The van der Waals surface area contributed by atoms with Crippen LogP contribution in [0.5, 0.6) is 5.75 Å². The van der Waals surface area contributed by atoms with Crippen LogP contribution < -0.4 is 10.1 Å². The van der Waals surface area contributed by atoms with Crippen molar-refractivity contribution >= 4 is 28.4 Å². The van der Waals surface area contributed by atoms with Crippen molar-refractivity contribution in [2.24, 2.45) is 0 Å². The average molecular weight is 303 g/mol. The third-order valence-electron chi connectivity index (χ3n) is 2.72. The second kappa shape index (κ2) is 8.13. The minimum absolute atomic E-state index is 0.0986. The van der Waals surface area contributed by atoms with Crippen LogP contribution in [0.25, 0.3) is 10.9 Å². The normalized spacial score (nSPS) is 9.76. The van der Waals surface area contributed by atoms with Crippen LogP contribution in [0.15, 0.2) is 36.5 Å². The van der Waals surface area contributed by atoms with Crippen molar-refractivity contribution in [2.75, 3.05) is 19.0 Å². The molecule has 4 nitrogen and oxygen atoms in total. The number of para-hydroxylation sites is 1. The number of rotatable bonds is 5. The van der Waals surface area contributed by atoms with E-state index in [9.17, 15) is 4.79 Å². The average Bonchev–Trinajstić information content (AvgIpc) is 2.51. The number of nitrogens with zero attached hydrogens (tertiary/aromatic N) is 1. The molecule has 1 N–H and O–H groups in total. The minimum atomic E-state index is -0.0986. The zero-order valence-electron chi connectivity index (χ0n) is 11.4. The highest BCUT2D eigenvalue weighted by Gasteiger charge is 2.01. The fraction of sp³-hybridized carbons (Fsp3) is 0.250. The first kappa shape index (κ1) is 15.1. The summed E-state index contributed by atoms with van der Waals surface area (Å²) in [6.07, 6.45) is 2.04. The van der Waals surface area contributed by atoms with E-state index in [0.717, 1.165) is 10.9 Å². The second-order valence-electron chi connectivity index (χ2n) is 4.19. The lowest BCUT2D eigenvalue weighted by Gasteiger charge is -2.05. The van der Waals surface area contributed by atoms with Gasteiger partial charge in [-0.1, -0.05) is 30.0 Å². The highest BCUT2D eigenvalue weighted by atomic mass is 35.5. The third-order valence-corrected chi connectivity index (χ3v) is 2.91. The summed E-state index contributed by atoms with van der Waals surface area (Å²) in [5.41, 5.74) is 0.817. The number of carbonyl (C=O) groups is 1. The fourth-order valence-corrected chi connectivity index (χ4v) is 1.91.